The van der Waals surface area contributed by atoms with Crippen LogP contribution >= 0.6 is 0 Å². The Bertz CT molecular complexity index is 246. The summed E-state index contributed by atoms with van der Waals surface area (Å²) in [6.45, 7) is 0. The lowest BCUT2D eigenvalue weighted by atomic mass is 10.1. The highest BCUT2D eigenvalue weighted by molar-refractivity contribution is 5.14. The Balaban J connectivity index is 3.09. The lowest BCUT2D eigenvalue weighted by Crippen LogP contribution is -2.47. The van der Waals surface area contributed by atoms with Crippen molar-refractivity contribution in [2.45, 2.75) is 30.4 Å². The van der Waals surface area contributed by atoms with Gasteiger partial charge < -0.3 is 0 Å². The van der Waals surface area contributed by atoms with Crippen molar-refractivity contribution in [2.75, 3.05) is 0 Å². The molecule has 0 amide bonds. The lowest BCUT2D eigenvalue weighted by molar-refractivity contribution is -0.162. The molecule has 3 atom stereocenters. The molecule has 1 aliphatic carbocycles. The van der Waals surface area contributed by atoms with Gasteiger partial charge in [0, 0.05) is 0 Å². The summed E-state index contributed by atoms with van der Waals surface area (Å²) >= 11 is 0. The molecule has 1 rings (SSSR count). The largest absolute Gasteiger partial charge is 0.315 e. The zero-order chi connectivity index (χ0) is 11.1. The smallest absolute Gasteiger partial charge is 0.237 e. The number of alkyl halides is 7. The van der Waals surface area contributed by atoms with E-state index in [1.807, 2.05) is 0 Å². The summed E-state index contributed by atoms with van der Waals surface area (Å²) in [5.41, 5.74) is 0. The fourth-order valence-electron chi connectivity index (χ4n) is 0.975. The maximum atomic E-state index is 12.5. The highest BCUT2D eigenvalue weighted by Gasteiger charge is 2.60. The summed E-state index contributed by atoms with van der Waals surface area (Å²) in [6.07, 6.45) is -11.5. The van der Waals surface area contributed by atoms with E-state index in [4.69, 9.17) is 0 Å². The van der Waals surface area contributed by atoms with Crippen LogP contribution in [0.2, 0.25) is 0 Å². The topological polar surface area (TPSA) is 0 Å². The fourth-order valence-corrected chi connectivity index (χ4v) is 0.975. The van der Waals surface area contributed by atoms with Crippen LogP contribution in [0.5, 0.6) is 0 Å². The predicted molar refractivity (Wildman–Crippen MR) is 33.7 cm³/mol. The van der Waals surface area contributed by atoms with Crippen LogP contribution in [0.3, 0.4) is 0 Å². The minimum atomic E-state index is -4.77. The summed E-state index contributed by atoms with van der Waals surface area (Å²) < 4.78 is 87.1. The van der Waals surface area contributed by atoms with E-state index in [2.05, 4.69) is 0 Å². The second kappa shape index (κ2) is 3.13. The van der Waals surface area contributed by atoms with E-state index in [-0.39, 0.29) is 12.2 Å². The predicted octanol–water partition coefficient (Wildman–Crippen LogP) is 2.84. The van der Waals surface area contributed by atoms with Gasteiger partial charge in [0.1, 0.15) is 0 Å². The Kier molecular flexibility index (Phi) is 2.53. The van der Waals surface area contributed by atoms with Gasteiger partial charge in [-0.2, -0.15) is 17.6 Å². The zero-order valence-corrected chi connectivity index (χ0v) is 6.53. The summed E-state index contributed by atoms with van der Waals surface area (Å²) in [7, 11) is 0. The first-order chi connectivity index (χ1) is 6.19. The fraction of sp³-hybridized carbons (Fsp3) is 0.714. The van der Waals surface area contributed by atoms with Gasteiger partial charge in [-0.1, -0.05) is 0 Å². The average molecular weight is 222 g/mol. The molecule has 0 N–H and O–H groups in total. The van der Waals surface area contributed by atoms with Gasteiger partial charge in [0.25, 0.3) is 5.92 Å². The lowest BCUT2D eigenvalue weighted by Gasteiger charge is -2.24. The minimum absolute atomic E-state index is 0.230. The third-order valence-corrected chi connectivity index (χ3v) is 1.85. The first-order valence-corrected chi connectivity index (χ1v) is 3.57. The number of halogens is 7. The molecule has 0 saturated heterocycles. The van der Waals surface area contributed by atoms with Gasteiger partial charge in [-0.25, -0.2) is 13.2 Å². The second-order valence-corrected chi connectivity index (χ2v) is 2.91. The van der Waals surface area contributed by atoms with Crippen LogP contribution in [0.1, 0.15) is 0 Å². The van der Waals surface area contributed by atoms with E-state index in [0.717, 1.165) is 0 Å². The molecule has 0 heterocycles. The number of hydrogen-bond acceptors (Lipinski definition) is 0. The standard InChI is InChI=1S/C7H5F7/c8-3-1-2-6(11,12)4(9)5(10)7(3,13)14/h1-5H. The van der Waals surface area contributed by atoms with Crippen molar-refractivity contribution in [1.82, 2.24) is 0 Å². The first-order valence-electron chi connectivity index (χ1n) is 3.57. The molecule has 82 valence electrons. The van der Waals surface area contributed by atoms with Gasteiger partial charge >= 0.3 is 5.92 Å². The van der Waals surface area contributed by atoms with Crippen LogP contribution in [0.25, 0.3) is 0 Å². The summed E-state index contributed by atoms with van der Waals surface area (Å²) in [6, 6.07) is 0. The molecule has 0 fully saturated rings. The third-order valence-electron chi connectivity index (χ3n) is 1.85. The maximum absolute atomic E-state index is 12.5. The molecule has 0 aromatic rings. The van der Waals surface area contributed by atoms with Crippen molar-refractivity contribution >= 4 is 0 Å². The molecular formula is C7H5F7. The Hall–Kier alpha value is -0.750. The molecule has 0 aromatic heterocycles. The molecule has 14 heavy (non-hydrogen) atoms. The van der Waals surface area contributed by atoms with E-state index in [1.165, 1.54) is 0 Å². The average Bonchev–Trinajstić information content (AvgIpc) is 2.13. The molecule has 7 heteroatoms. The van der Waals surface area contributed by atoms with Gasteiger partial charge in [0.05, 0.1) is 0 Å². The van der Waals surface area contributed by atoms with Crippen LogP contribution in [-0.2, 0) is 0 Å². The Labute approximate surface area is 74.4 Å². The van der Waals surface area contributed by atoms with Gasteiger partial charge in [-0.15, -0.1) is 0 Å². The van der Waals surface area contributed by atoms with E-state index in [0.29, 0.717) is 0 Å². The molecule has 0 spiro atoms. The molecule has 0 nitrogen and oxygen atoms in total. The third kappa shape index (κ3) is 1.59. The highest BCUT2D eigenvalue weighted by Crippen LogP contribution is 2.40. The molecule has 0 radical (unpaired) electrons. The highest BCUT2D eigenvalue weighted by atomic mass is 19.3. The van der Waals surface area contributed by atoms with E-state index in [1.54, 1.807) is 0 Å². The molecule has 0 aliphatic heterocycles. The van der Waals surface area contributed by atoms with Gasteiger partial charge in [-0.3, -0.25) is 0 Å². The second-order valence-electron chi connectivity index (χ2n) is 2.91. The maximum Gasteiger partial charge on any atom is 0.315 e. The normalized spacial score (nSPS) is 40.6. The minimum Gasteiger partial charge on any atom is -0.237 e. The van der Waals surface area contributed by atoms with Crippen LogP contribution in [0, 0.1) is 0 Å². The van der Waals surface area contributed by atoms with Gasteiger partial charge in [0.2, 0.25) is 12.3 Å². The number of rotatable bonds is 0. The van der Waals surface area contributed by atoms with Crippen molar-refractivity contribution < 1.29 is 30.7 Å². The SMILES string of the molecule is FC1C(F)C(F)(F)C(F)C=CC1(F)F. The summed E-state index contributed by atoms with van der Waals surface area (Å²) in [4.78, 5) is 0. The van der Waals surface area contributed by atoms with Crippen LogP contribution in [0.4, 0.5) is 30.7 Å². The quantitative estimate of drug-likeness (QED) is 0.436. The summed E-state index contributed by atoms with van der Waals surface area (Å²) in [5, 5.41) is 0. The zero-order valence-electron chi connectivity index (χ0n) is 6.53. The number of allylic oxidation sites excluding steroid dienone is 2. The van der Waals surface area contributed by atoms with Gasteiger partial charge in [0.15, 0.2) is 6.17 Å². The van der Waals surface area contributed by atoms with Crippen molar-refractivity contribution in [3.05, 3.63) is 12.2 Å². The van der Waals surface area contributed by atoms with Crippen molar-refractivity contribution in [3.63, 3.8) is 0 Å². The molecule has 0 aromatic carbocycles. The molecule has 3 unspecified atom stereocenters. The molecule has 0 saturated carbocycles. The monoisotopic (exact) mass is 222 g/mol. The van der Waals surface area contributed by atoms with E-state index < -0.39 is 30.4 Å². The van der Waals surface area contributed by atoms with Crippen molar-refractivity contribution in [3.8, 4) is 0 Å². The van der Waals surface area contributed by atoms with Crippen LogP contribution in [-0.4, -0.2) is 30.4 Å². The first kappa shape index (κ1) is 11.3. The Morgan fingerprint density at radius 1 is 0.857 bits per heavy atom. The molecular weight excluding hydrogens is 217 g/mol. The van der Waals surface area contributed by atoms with Crippen molar-refractivity contribution in [2.24, 2.45) is 0 Å². The Morgan fingerprint density at radius 2 is 1.36 bits per heavy atom. The number of hydrogen-bond donors (Lipinski definition) is 0. The Morgan fingerprint density at radius 3 is 1.86 bits per heavy atom. The van der Waals surface area contributed by atoms with Crippen molar-refractivity contribution in [1.29, 1.82) is 0 Å². The van der Waals surface area contributed by atoms with E-state index in [9.17, 15) is 30.7 Å². The molecule has 0 bridgehead atoms. The molecule has 1 aliphatic rings. The summed E-state index contributed by atoms with van der Waals surface area (Å²) in [5.74, 6) is -9.18. The van der Waals surface area contributed by atoms with Crippen LogP contribution in [0.15, 0.2) is 12.2 Å². The van der Waals surface area contributed by atoms with Gasteiger partial charge in [-0.05, 0) is 12.2 Å². The van der Waals surface area contributed by atoms with E-state index >= 15 is 0 Å². The van der Waals surface area contributed by atoms with Crippen LogP contribution < -0.4 is 0 Å².